The zero-order valence-electron chi connectivity index (χ0n) is 9.75. The summed E-state index contributed by atoms with van der Waals surface area (Å²) in [4.78, 5) is 0. The van der Waals surface area contributed by atoms with Gasteiger partial charge in [0.15, 0.2) is 0 Å². The molecule has 1 aliphatic heterocycles. The molecular formula is C13H16ClFO2. The van der Waals surface area contributed by atoms with Crippen LogP contribution in [0.25, 0.3) is 0 Å². The summed E-state index contributed by atoms with van der Waals surface area (Å²) in [6.07, 6.45) is 0.810. The van der Waals surface area contributed by atoms with Crippen LogP contribution in [0.5, 0.6) is 0 Å². The molecule has 2 unspecified atom stereocenters. The number of rotatable bonds is 2. The van der Waals surface area contributed by atoms with Gasteiger partial charge in [0.1, 0.15) is 5.82 Å². The Morgan fingerprint density at radius 1 is 1.59 bits per heavy atom. The lowest BCUT2D eigenvalue weighted by molar-refractivity contribution is -0.105. The Bertz CT molecular complexity index is 410. The second-order valence-electron chi connectivity index (χ2n) is 4.74. The van der Waals surface area contributed by atoms with Gasteiger partial charge in [-0.3, -0.25) is 0 Å². The fourth-order valence-corrected chi connectivity index (χ4v) is 2.38. The van der Waals surface area contributed by atoms with Gasteiger partial charge in [0.2, 0.25) is 0 Å². The van der Waals surface area contributed by atoms with Crippen molar-refractivity contribution in [2.24, 2.45) is 5.92 Å². The van der Waals surface area contributed by atoms with Crippen LogP contribution in [0.3, 0.4) is 0 Å². The molecule has 2 rings (SSSR count). The number of benzene rings is 1. The molecule has 0 saturated carbocycles. The van der Waals surface area contributed by atoms with Crippen molar-refractivity contribution >= 4 is 11.6 Å². The van der Waals surface area contributed by atoms with Crippen molar-refractivity contribution in [1.29, 1.82) is 0 Å². The lowest BCUT2D eigenvalue weighted by Crippen LogP contribution is -2.45. The summed E-state index contributed by atoms with van der Waals surface area (Å²) in [5.74, 6) is -0.323. The van der Waals surface area contributed by atoms with Gasteiger partial charge < -0.3 is 9.84 Å². The highest BCUT2D eigenvalue weighted by Crippen LogP contribution is 2.31. The third-order valence-corrected chi connectivity index (χ3v) is 3.70. The SMILES string of the molecule is CC1COCCC1(O)Cc1cc(Cl)ccc1F. The molecule has 1 fully saturated rings. The summed E-state index contributed by atoms with van der Waals surface area (Å²) in [6.45, 7) is 2.95. The minimum absolute atomic E-state index is 0.00497. The topological polar surface area (TPSA) is 29.5 Å². The predicted octanol–water partition coefficient (Wildman–Crippen LogP) is 2.81. The highest BCUT2D eigenvalue weighted by Gasteiger charge is 2.37. The molecule has 17 heavy (non-hydrogen) atoms. The van der Waals surface area contributed by atoms with Crippen molar-refractivity contribution in [2.75, 3.05) is 13.2 Å². The van der Waals surface area contributed by atoms with Crippen LogP contribution >= 0.6 is 11.6 Å². The summed E-state index contributed by atoms with van der Waals surface area (Å²) in [6, 6.07) is 4.43. The first kappa shape index (κ1) is 12.8. The minimum Gasteiger partial charge on any atom is -0.389 e. The molecule has 0 aliphatic carbocycles. The molecule has 1 N–H and O–H groups in total. The number of hydrogen-bond acceptors (Lipinski definition) is 2. The van der Waals surface area contributed by atoms with Crippen molar-refractivity contribution < 1.29 is 14.2 Å². The molecule has 1 aromatic carbocycles. The molecule has 2 atom stereocenters. The molecule has 2 nitrogen and oxygen atoms in total. The van der Waals surface area contributed by atoms with E-state index in [4.69, 9.17) is 16.3 Å². The highest BCUT2D eigenvalue weighted by molar-refractivity contribution is 6.30. The molecule has 94 valence electrons. The number of halogens is 2. The van der Waals surface area contributed by atoms with Gasteiger partial charge >= 0.3 is 0 Å². The number of ether oxygens (including phenoxy) is 1. The van der Waals surface area contributed by atoms with Gasteiger partial charge in [-0.1, -0.05) is 18.5 Å². The maximum atomic E-state index is 13.6. The van der Waals surface area contributed by atoms with Gasteiger partial charge in [-0.25, -0.2) is 4.39 Å². The van der Waals surface area contributed by atoms with Crippen LogP contribution in [-0.4, -0.2) is 23.9 Å². The Morgan fingerprint density at radius 2 is 2.35 bits per heavy atom. The quantitative estimate of drug-likeness (QED) is 0.884. The van der Waals surface area contributed by atoms with E-state index in [1.165, 1.54) is 12.1 Å². The lowest BCUT2D eigenvalue weighted by Gasteiger charge is -2.38. The molecule has 0 aromatic heterocycles. The average Bonchev–Trinajstić information content (AvgIpc) is 2.28. The van der Waals surface area contributed by atoms with E-state index in [2.05, 4.69) is 0 Å². The zero-order chi connectivity index (χ0) is 12.5. The molecule has 0 amide bonds. The summed E-state index contributed by atoms with van der Waals surface area (Å²) in [5, 5.41) is 11.0. The molecule has 4 heteroatoms. The minimum atomic E-state index is -0.899. The molecule has 0 spiro atoms. The van der Waals surface area contributed by atoms with Crippen molar-refractivity contribution in [3.05, 3.63) is 34.6 Å². The van der Waals surface area contributed by atoms with Crippen molar-refractivity contribution in [1.82, 2.24) is 0 Å². The van der Waals surface area contributed by atoms with Crippen LogP contribution in [0.15, 0.2) is 18.2 Å². The van der Waals surface area contributed by atoms with E-state index in [-0.39, 0.29) is 18.2 Å². The monoisotopic (exact) mass is 258 g/mol. The van der Waals surface area contributed by atoms with Gasteiger partial charge in [-0.2, -0.15) is 0 Å². The summed E-state index contributed by atoms with van der Waals surface area (Å²) in [7, 11) is 0. The van der Waals surface area contributed by atoms with E-state index < -0.39 is 5.60 Å². The molecular weight excluding hydrogens is 243 g/mol. The fourth-order valence-electron chi connectivity index (χ4n) is 2.18. The van der Waals surface area contributed by atoms with E-state index in [1.807, 2.05) is 6.92 Å². The van der Waals surface area contributed by atoms with Crippen molar-refractivity contribution in [2.45, 2.75) is 25.4 Å². The van der Waals surface area contributed by atoms with Crippen molar-refractivity contribution in [3.63, 3.8) is 0 Å². The van der Waals surface area contributed by atoms with Crippen LogP contribution < -0.4 is 0 Å². The molecule has 0 radical (unpaired) electrons. The largest absolute Gasteiger partial charge is 0.389 e. The second-order valence-corrected chi connectivity index (χ2v) is 5.18. The normalized spacial score (nSPS) is 29.3. The highest BCUT2D eigenvalue weighted by atomic mass is 35.5. The molecule has 1 saturated heterocycles. The van der Waals surface area contributed by atoms with E-state index in [0.29, 0.717) is 30.2 Å². The van der Waals surface area contributed by atoms with Crippen LogP contribution in [0, 0.1) is 11.7 Å². The third kappa shape index (κ3) is 2.79. The Kier molecular flexibility index (Phi) is 3.71. The molecule has 1 aromatic rings. The summed E-state index contributed by atoms with van der Waals surface area (Å²) >= 11 is 5.84. The standard InChI is InChI=1S/C13H16ClFO2/c1-9-8-17-5-4-13(9,16)7-10-6-11(14)2-3-12(10)15/h2-3,6,9,16H,4-5,7-8H2,1H3. The van der Waals surface area contributed by atoms with E-state index in [1.54, 1.807) is 6.07 Å². The predicted molar refractivity (Wildman–Crippen MR) is 64.7 cm³/mol. The lowest BCUT2D eigenvalue weighted by atomic mass is 9.80. The molecule has 1 heterocycles. The summed E-state index contributed by atoms with van der Waals surface area (Å²) in [5.41, 5.74) is -0.433. The third-order valence-electron chi connectivity index (χ3n) is 3.47. The van der Waals surface area contributed by atoms with Gasteiger partial charge in [0.25, 0.3) is 0 Å². The van der Waals surface area contributed by atoms with Gasteiger partial charge in [-0.15, -0.1) is 0 Å². The second kappa shape index (κ2) is 4.92. The van der Waals surface area contributed by atoms with E-state index in [9.17, 15) is 9.50 Å². The Hall–Kier alpha value is -0.640. The van der Waals surface area contributed by atoms with Crippen LogP contribution in [0.4, 0.5) is 4.39 Å². The number of aliphatic hydroxyl groups is 1. The average molecular weight is 259 g/mol. The van der Waals surface area contributed by atoms with E-state index in [0.717, 1.165) is 0 Å². The molecule has 0 bridgehead atoms. The maximum Gasteiger partial charge on any atom is 0.126 e. The Labute approximate surface area is 105 Å². The first-order valence-corrected chi connectivity index (χ1v) is 6.13. The van der Waals surface area contributed by atoms with Crippen molar-refractivity contribution in [3.8, 4) is 0 Å². The Morgan fingerprint density at radius 3 is 3.06 bits per heavy atom. The number of hydrogen-bond donors (Lipinski definition) is 1. The van der Waals surface area contributed by atoms with Crippen LogP contribution in [-0.2, 0) is 11.2 Å². The first-order chi connectivity index (χ1) is 8.01. The maximum absolute atomic E-state index is 13.6. The van der Waals surface area contributed by atoms with Crippen LogP contribution in [0.2, 0.25) is 5.02 Å². The van der Waals surface area contributed by atoms with Gasteiger partial charge in [0, 0.05) is 30.4 Å². The van der Waals surface area contributed by atoms with Crippen LogP contribution in [0.1, 0.15) is 18.9 Å². The van der Waals surface area contributed by atoms with E-state index >= 15 is 0 Å². The van der Waals surface area contributed by atoms with Gasteiger partial charge in [-0.05, 0) is 23.8 Å². The van der Waals surface area contributed by atoms with Gasteiger partial charge in [0.05, 0.1) is 12.2 Å². The summed E-state index contributed by atoms with van der Waals surface area (Å²) < 4.78 is 18.9. The first-order valence-electron chi connectivity index (χ1n) is 5.75. The zero-order valence-corrected chi connectivity index (χ0v) is 10.5. The molecule has 1 aliphatic rings. The smallest absolute Gasteiger partial charge is 0.126 e. The fraction of sp³-hybridized carbons (Fsp3) is 0.538. The Balaban J connectivity index is 2.21.